The molecule has 1 amide bonds. The monoisotopic (exact) mass is 345 g/mol. The van der Waals surface area contributed by atoms with E-state index in [-0.39, 0.29) is 15.9 Å². The molecule has 1 aliphatic rings. The molecule has 0 heterocycles. The van der Waals surface area contributed by atoms with E-state index in [0.29, 0.717) is 0 Å². The highest BCUT2D eigenvalue weighted by atomic mass is 79.9. The molecule has 2 rings (SSSR count). The molecule has 1 N–H and O–H groups in total. The highest BCUT2D eigenvalue weighted by molar-refractivity contribution is 9.10. The number of nitrogens with one attached hydrogen (secondary N) is 1. The fraction of sp³-hybridized carbons (Fsp3) is 0.533. The summed E-state index contributed by atoms with van der Waals surface area (Å²) in [7, 11) is 0. The zero-order chi connectivity index (χ0) is 14.9. The standard InChI is InChI=1S/C15H18BrF2NO/c1-15(2)5-3-4-10(8-15)19-14(20)13-11(17)6-9(16)7-12(13)18/h6-7,10H,3-5,8H2,1-2H3,(H,19,20). The summed E-state index contributed by atoms with van der Waals surface area (Å²) in [6, 6.07) is 2.18. The van der Waals surface area contributed by atoms with Crippen molar-refractivity contribution in [2.75, 3.05) is 0 Å². The first-order chi connectivity index (χ1) is 9.28. The van der Waals surface area contributed by atoms with Gasteiger partial charge in [0.15, 0.2) is 0 Å². The maximum absolute atomic E-state index is 13.7. The van der Waals surface area contributed by atoms with Crippen LogP contribution in [0.15, 0.2) is 16.6 Å². The van der Waals surface area contributed by atoms with Crippen LogP contribution in [0.2, 0.25) is 0 Å². The van der Waals surface area contributed by atoms with Gasteiger partial charge in [0.05, 0.1) is 0 Å². The van der Waals surface area contributed by atoms with E-state index in [1.807, 2.05) is 0 Å². The summed E-state index contributed by atoms with van der Waals surface area (Å²) in [5.74, 6) is -2.36. The highest BCUT2D eigenvalue weighted by Crippen LogP contribution is 2.35. The first-order valence-electron chi connectivity index (χ1n) is 6.74. The number of amides is 1. The number of carbonyl (C=O) groups excluding carboxylic acids is 1. The lowest BCUT2D eigenvalue weighted by molar-refractivity contribution is 0.0894. The molecule has 5 heteroatoms. The van der Waals surface area contributed by atoms with E-state index in [9.17, 15) is 13.6 Å². The molecule has 2 nitrogen and oxygen atoms in total. The average molecular weight is 346 g/mol. The van der Waals surface area contributed by atoms with Crippen molar-refractivity contribution in [3.8, 4) is 0 Å². The van der Waals surface area contributed by atoms with Crippen molar-refractivity contribution in [2.45, 2.75) is 45.6 Å². The van der Waals surface area contributed by atoms with Gasteiger partial charge in [-0.25, -0.2) is 8.78 Å². The van der Waals surface area contributed by atoms with E-state index < -0.39 is 23.1 Å². The van der Waals surface area contributed by atoms with Gasteiger partial charge in [-0.2, -0.15) is 0 Å². The largest absolute Gasteiger partial charge is 0.349 e. The van der Waals surface area contributed by atoms with Crippen molar-refractivity contribution in [3.63, 3.8) is 0 Å². The van der Waals surface area contributed by atoms with Crippen molar-refractivity contribution in [1.29, 1.82) is 0 Å². The Bertz CT molecular complexity index is 508. The van der Waals surface area contributed by atoms with Crippen LogP contribution in [0.4, 0.5) is 8.78 Å². The molecule has 0 aliphatic heterocycles. The molecule has 0 saturated heterocycles. The number of benzene rings is 1. The second kappa shape index (κ2) is 5.80. The maximum atomic E-state index is 13.7. The van der Waals surface area contributed by atoms with E-state index in [4.69, 9.17) is 0 Å². The van der Waals surface area contributed by atoms with Gasteiger partial charge in [-0.1, -0.05) is 36.2 Å². The number of hydrogen-bond donors (Lipinski definition) is 1. The minimum absolute atomic E-state index is 0.0197. The number of carbonyl (C=O) groups is 1. The van der Waals surface area contributed by atoms with E-state index in [0.717, 1.165) is 37.8 Å². The Morgan fingerprint density at radius 3 is 2.50 bits per heavy atom. The van der Waals surface area contributed by atoms with Gasteiger partial charge in [0.25, 0.3) is 5.91 Å². The molecule has 0 bridgehead atoms. The second-order valence-corrected chi connectivity index (χ2v) is 7.09. The van der Waals surface area contributed by atoms with Gasteiger partial charge < -0.3 is 5.32 Å². The van der Waals surface area contributed by atoms with Gasteiger partial charge in [0.2, 0.25) is 0 Å². The van der Waals surface area contributed by atoms with Crippen molar-refractivity contribution in [2.24, 2.45) is 5.41 Å². The lowest BCUT2D eigenvalue weighted by atomic mass is 9.75. The first-order valence-corrected chi connectivity index (χ1v) is 7.53. The van der Waals surface area contributed by atoms with Crippen molar-refractivity contribution in [3.05, 3.63) is 33.8 Å². The van der Waals surface area contributed by atoms with Crippen LogP contribution in [-0.2, 0) is 0 Å². The normalized spacial score (nSPS) is 21.6. The predicted octanol–water partition coefficient (Wildman–Crippen LogP) is 4.43. The Hall–Kier alpha value is -0.970. The number of rotatable bonds is 2. The third-order valence-corrected chi connectivity index (χ3v) is 4.23. The number of halogens is 3. The maximum Gasteiger partial charge on any atom is 0.257 e. The fourth-order valence-electron chi connectivity index (χ4n) is 2.84. The van der Waals surface area contributed by atoms with E-state index in [1.165, 1.54) is 0 Å². The SMILES string of the molecule is CC1(C)CCCC(NC(=O)c2c(F)cc(Br)cc2F)C1. The second-order valence-electron chi connectivity index (χ2n) is 6.18. The quantitative estimate of drug-likeness (QED) is 0.844. The van der Waals surface area contributed by atoms with Crippen LogP contribution in [0.25, 0.3) is 0 Å². The summed E-state index contributed by atoms with van der Waals surface area (Å²) in [6.07, 6.45) is 3.82. The third kappa shape index (κ3) is 3.57. The van der Waals surface area contributed by atoms with Crippen LogP contribution in [-0.4, -0.2) is 11.9 Å². The highest BCUT2D eigenvalue weighted by Gasteiger charge is 2.30. The molecule has 0 aromatic heterocycles. The lowest BCUT2D eigenvalue weighted by Crippen LogP contribution is -2.41. The zero-order valence-electron chi connectivity index (χ0n) is 11.6. The molecule has 1 fully saturated rings. The van der Waals surface area contributed by atoms with Gasteiger partial charge >= 0.3 is 0 Å². The zero-order valence-corrected chi connectivity index (χ0v) is 13.2. The van der Waals surface area contributed by atoms with Crippen LogP contribution >= 0.6 is 15.9 Å². The molecule has 0 radical (unpaired) electrons. The fourth-order valence-corrected chi connectivity index (χ4v) is 3.24. The van der Waals surface area contributed by atoms with Gasteiger partial charge in [-0.15, -0.1) is 0 Å². The molecule has 1 unspecified atom stereocenters. The Labute approximate surface area is 126 Å². The van der Waals surface area contributed by atoms with Crippen molar-refractivity contribution >= 4 is 21.8 Å². The van der Waals surface area contributed by atoms with Gasteiger partial charge in [0, 0.05) is 10.5 Å². The molecule has 110 valence electrons. The van der Waals surface area contributed by atoms with Crippen LogP contribution in [0, 0.1) is 17.0 Å². The van der Waals surface area contributed by atoms with Crippen LogP contribution in [0.1, 0.15) is 49.9 Å². The van der Waals surface area contributed by atoms with Crippen LogP contribution < -0.4 is 5.32 Å². The smallest absolute Gasteiger partial charge is 0.257 e. The molecular weight excluding hydrogens is 328 g/mol. The Balaban J connectivity index is 2.13. The Kier molecular flexibility index (Phi) is 4.47. The summed E-state index contributed by atoms with van der Waals surface area (Å²) in [5.41, 5.74) is -0.343. The average Bonchev–Trinajstić information content (AvgIpc) is 2.25. The Morgan fingerprint density at radius 2 is 1.95 bits per heavy atom. The predicted molar refractivity (Wildman–Crippen MR) is 77.6 cm³/mol. The molecule has 1 saturated carbocycles. The summed E-state index contributed by atoms with van der Waals surface area (Å²) < 4.78 is 27.8. The molecule has 1 aromatic carbocycles. The summed E-state index contributed by atoms with van der Waals surface area (Å²) in [5, 5.41) is 2.76. The summed E-state index contributed by atoms with van der Waals surface area (Å²) in [6.45, 7) is 4.29. The van der Waals surface area contributed by atoms with Crippen molar-refractivity contribution < 1.29 is 13.6 Å². The van der Waals surface area contributed by atoms with Gasteiger partial charge in [-0.05, 0) is 36.8 Å². The third-order valence-electron chi connectivity index (χ3n) is 3.77. The Morgan fingerprint density at radius 1 is 1.35 bits per heavy atom. The van der Waals surface area contributed by atoms with E-state index >= 15 is 0 Å². The molecular formula is C15H18BrF2NO. The minimum atomic E-state index is -0.843. The van der Waals surface area contributed by atoms with Crippen molar-refractivity contribution in [1.82, 2.24) is 5.32 Å². The van der Waals surface area contributed by atoms with E-state index in [2.05, 4.69) is 35.1 Å². The van der Waals surface area contributed by atoms with Gasteiger partial charge in [-0.3, -0.25) is 4.79 Å². The number of hydrogen-bond acceptors (Lipinski definition) is 1. The first kappa shape index (κ1) is 15.4. The summed E-state index contributed by atoms with van der Waals surface area (Å²) >= 11 is 3.00. The molecule has 20 heavy (non-hydrogen) atoms. The molecule has 1 atom stereocenters. The van der Waals surface area contributed by atoms with E-state index in [1.54, 1.807) is 0 Å². The van der Waals surface area contributed by atoms with Gasteiger partial charge in [0.1, 0.15) is 17.2 Å². The van der Waals surface area contributed by atoms with Crippen LogP contribution in [0.3, 0.4) is 0 Å². The lowest BCUT2D eigenvalue weighted by Gasteiger charge is -2.35. The van der Waals surface area contributed by atoms with Crippen LogP contribution in [0.5, 0.6) is 0 Å². The summed E-state index contributed by atoms with van der Waals surface area (Å²) in [4.78, 5) is 12.1. The molecule has 0 spiro atoms. The molecule has 1 aliphatic carbocycles. The topological polar surface area (TPSA) is 29.1 Å². The minimum Gasteiger partial charge on any atom is -0.349 e. The molecule has 1 aromatic rings.